The molecule has 0 bridgehead atoms. The molecule has 0 aliphatic carbocycles. The number of rotatable bonds is 5. The van der Waals surface area contributed by atoms with Crippen LogP contribution in [0.25, 0.3) is 16.7 Å². The normalized spacial score (nSPS) is 11.0. The van der Waals surface area contributed by atoms with Crippen molar-refractivity contribution in [1.82, 2.24) is 9.97 Å². The van der Waals surface area contributed by atoms with E-state index in [1.165, 1.54) is 0 Å². The molecular formula is C18H17N5. The van der Waals surface area contributed by atoms with E-state index < -0.39 is 0 Å². The first-order valence-corrected chi connectivity index (χ1v) is 7.42. The molecule has 0 N–H and O–H groups in total. The summed E-state index contributed by atoms with van der Waals surface area (Å²) in [6.45, 7) is 6.73. The fraction of sp³-hybridized carbons (Fsp3) is 0.111. The average molecular weight is 303 g/mol. The fourth-order valence-electron chi connectivity index (χ4n) is 2.19. The number of pyridine rings is 2. The molecule has 5 heteroatoms. The molecule has 5 nitrogen and oxygen atoms in total. The van der Waals surface area contributed by atoms with E-state index in [9.17, 15) is 0 Å². The zero-order chi connectivity index (χ0) is 16.1. The summed E-state index contributed by atoms with van der Waals surface area (Å²) in [4.78, 5) is 8.53. The van der Waals surface area contributed by atoms with E-state index in [4.69, 9.17) is 0 Å². The van der Waals surface area contributed by atoms with Gasteiger partial charge in [-0.1, -0.05) is 30.0 Å². The second kappa shape index (κ2) is 6.79. The number of benzene rings is 1. The molecule has 0 spiro atoms. The van der Waals surface area contributed by atoms with Crippen LogP contribution in [0.4, 0.5) is 5.69 Å². The summed E-state index contributed by atoms with van der Waals surface area (Å²) in [7, 11) is 0. The highest BCUT2D eigenvalue weighted by molar-refractivity contribution is 5.78. The lowest BCUT2D eigenvalue weighted by Gasteiger charge is -2.15. The molecule has 0 atom stereocenters. The van der Waals surface area contributed by atoms with Crippen LogP contribution >= 0.6 is 0 Å². The van der Waals surface area contributed by atoms with Crippen LogP contribution in [0.5, 0.6) is 0 Å². The van der Waals surface area contributed by atoms with E-state index in [0.717, 1.165) is 23.2 Å². The van der Waals surface area contributed by atoms with Crippen molar-refractivity contribution in [1.29, 1.82) is 0 Å². The number of aromatic nitrogens is 2. The quantitative estimate of drug-likeness (QED) is 0.515. The van der Waals surface area contributed by atoms with Gasteiger partial charge in [0.25, 0.3) is 0 Å². The van der Waals surface area contributed by atoms with Gasteiger partial charge in [0.1, 0.15) is 0 Å². The maximum atomic E-state index is 4.32. The van der Waals surface area contributed by atoms with Crippen molar-refractivity contribution in [2.75, 3.05) is 11.6 Å². The van der Waals surface area contributed by atoms with Gasteiger partial charge in [0.05, 0.1) is 11.4 Å². The predicted octanol–water partition coefficient (Wildman–Crippen LogP) is 4.49. The van der Waals surface area contributed by atoms with Crippen molar-refractivity contribution in [3.63, 3.8) is 0 Å². The first-order chi connectivity index (χ1) is 11.3. The smallest absolute Gasteiger partial charge is 0.159 e. The van der Waals surface area contributed by atoms with Crippen molar-refractivity contribution in [2.24, 2.45) is 10.3 Å². The van der Waals surface area contributed by atoms with Crippen molar-refractivity contribution in [3.8, 4) is 0 Å². The fourth-order valence-corrected chi connectivity index (χ4v) is 2.19. The molecule has 2 aromatic heterocycles. The molecule has 114 valence electrons. The monoisotopic (exact) mass is 303 g/mol. The van der Waals surface area contributed by atoms with Crippen LogP contribution in [-0.4, -0.2) is 16.5 Å². The lowest BCUT2D eigenvalue weighted by atomic mass is 10.2. The Balaban J connectivity index is 1.81. The third kappa shape index (κ3) is 3.40. The van der Waals surface area contributed by atoms with Gasteiger partial charge in [-0.3, -0.25) is 0 Å². The molecule has 3 rings (SSSR count). The van der Waals surface area contributed by atoms with E-state index in [-0.39, 0.29) is 0 Å². The van der Waals surface area contributed by atoms with Gasteiger partial charge < -0.3 is 0 Å². The molecule has 23 heavy (non-hydrogen) atoms. The molecule has 1 aromatic carbocycles. The number of hydrogen-bond donors (Lipinski definition) is 0. The number of hydrogen-bond acceptors (Lipinski definition) is 4. The number of para-hydroxylation sites is 1. The molecular weight excluding hydrogens is 286 g/mol. The van der Waals surface area contributed by atoms with Crippen molar-refractivity contribution in [3.05, 3.63) is 73.1 Å². The third-order valence-electron chi connectivity index (χ3n) is 3.41. The van der Waals surface area contributed by atoms with Crippen LogP contribution in [0.1, 0.15) is 12.5 Å². The molecule has 0 unspecified atom stereocenters. The van der Waals surface area contributed by atoms with E-state index in [0.29, 0.717) is 11.3 Å². The van der Waals surface area contributed by atoms with E-state index in [1.54, 1.807) is 12.4 Å². The Labute approximate surface area is 135 Å². The minimum absolute atomic E-state index is 0.567. The van der Waals surface area contributed by atoms with E-state index in [1.807, 2.05) is 60.5 Å². The highest BCUT2D eigenvalue weighted by Gasteiger charge is 2.04. The van der Waals surface area contributed by atoms with Gasteiger partial charge in [-0.25, -0.2) is 15.0 Å². The molecule has 0 aliphatic rings. The zero-order valence-corrected chi connectivity index (χ0v) is 12.9. The molecule has 0 saturated carbocycles. The van der Waals surface area contributed by atoms with Gasteiger partial charge in [0.15, 0.2) is 5.65 Å². The van der Waals surface area contributed by atoms with E-state index in [2.05, 4.69) is 26.9 Å². The number of fused-ring (bicyclic) bond motifs is 1. The minimum Gasteiger partial charge on any atom is -0.247 e. The molecule has 0 radical (unpaired) electrons. The van der Waals surface area contributed by atoms with Crippen molar-refractivity contribution >= 4 is 22.4 Å². The predicted molar refractivity (Wildman–Crippen MR) is 92.9 cm³/mol. The second-order valence-corrected chi connectivity index (χ2v) is 4.96. The topological polar surface area (TPSA) is 53.7 Å². The van der Waals surface area contributed by atoms with Crippen molar-refractivity contribution in [2.45, 2.75) is 6.92 Å². The zero-order valence-electron chi connectivity index (χ0n) is 12.9. The molecule has 0 fully saturated rings. The molecule has 0 amide bonds. The standard InChI is InChI=1S/C18H17N5/c1-3-23(17-9-5-4-6-10-17)22-21-14(2)16-12-15-8-7-11-19-18(15)20-13-16/h4-13H,2-3H2,1H3. The summed E-state index contributed by atoms with van der Waals surface area (Å²) >= 11 is 0. The second-order valence-electron chi connectivity index (χ2n) is 4.96. The molecule has 0 saturated heterocycles. The Kier molecular flexibility index (Phi) is 4.38. The highest BCUT2D eigenvalue weighted by Crippen LogP contribution is 2.19. The van der Waals surface area contributed by atoms with Gasteiger partial charge >= 0.3 is 0 Å². The Hall–Kier alpha value is -3.08. The molecule has 0 aliphatic heterocycles. The Morgan fingerprint density at radius 1 is 1.13 bits per heavy atom. The van der Waals surface area contributed by atoms with Crippen LogP contribution in [0.3, 0.4) is 0 Å². The average Bonchev–Trinajstić information content (AvgIpc) is 2.62. The summed E-state index contributed by atoms with van der Waals surface area (Å²) < 4.78 is 0. The van der Waals surface area contributed by atoms with Crippen LogP contribution in [0, 0.1) is 0 Å². The van der Waals surface area contributed by atoms with Gasteiger partial charge in [0, 0.05) is 29.9 Å². The maximum Gasteiger partial charge on any atom is 0.159 e. The van der Waals surface area contributed by atoms with Crippen LogP contribution in [0.2, 0.25) is 0 Å². The molecule has 3 aromatic rings. The van der Waals surface area contributed by atoms with Gasteiger partial charge in [-0.05, 0) is 37.3 Å². The van der Waals surface area contributed by atoms with E-state index >= 15 is 0 Å². The summed E-state index contributed by atoms with van der Waals surface area (Å²) in [5.41, 5.74) is 3.10. The number of anilines is 1. The van der Waals surface area contributed by atoms with Crippen LogP contribution in [-0.2, 0) is 0 Å². The summed E-state index contributed by atoms with van der Waals surface area (Å²) in [5.74, 6) is 0. The summed E-state index contributed by atoms with van der Waals surface area (Å²) in [6, 6.07) is 15.7. The third-order valence-corrected chi connectivity index (χ3v) is 3.41. The highest BCUT2D eigenvalue weighted by atomic mass is 15.5. The lowest BCUT2D eigenvalue weighted by Crippen LogP contribution is -2.14. The van der Waals surface area contributed by atoms with Crippen molar-refractivity contribution < 1.29 is 0 Å². The van der Waals surface area contributed by atoms with Gasteiger partial charge in [-0.2, -0.15) is 0 Å². The van der Waals surface area contributed by atoms with Gasteiger partial charge in [0.2, 0.25) is 0 Å². The maximum absolute atomic E-state index is 4.32. The SMILES string of the molecule is C=C(N=NN(CC)c1ccccc1)c1cnc2ncccc2c1. The molecule has 2 heterocycles. The van der Waals surface area contributed by atoms with Crippen LogP contribution < -0.4 is 5.01 Å². The first kappa shape index (κ1) is 14.8. The summed E-state index contributed by atoms with van der Waals surface area (Å²) in [6.07, 6.45) is 3.44. The van der Waals surface area contributed by atoms with Crippen LogP contribution in [0.15, 0.2) is 77.8 Å². The Bertz CT molecular complexity index is 842. The lowest BCUT2D eigenvalue weighted by molar-refractivity contribution is 0.837. The largest absolute Gasteiger partial charge is 0.247 e. The first-order valence-electron chi connectivity index (χ1n) is 7.42. The summed E-state index contributed by atoms with van der Waals surface area (Å²) in [5, 5.41) is 11.3. The Morgan fingerprint density at radius 2 is 1.96 bits per heavy atom. The number of nitrogens with zero attached hydrogens (tertiary/aromatic N) is 5. The van der Waals surface area contributed by atoms with Gasteiger partial charge in [-0.15, -0.1) is 5.11 Å². The minimum atomic E-state index is 0.567. The Morgan fingerprint density at radius 3 is 2.74 bits per heavy atom.